The highest BCUT2D eigenvalue weighted by Crippen LogP contribution is 2.40. The average Bonchev–Trinajstić information content (AvgIpc) is 2.18. The maximum absolute atomic E-state index is 12.4. The molecule has 0 bridgehead atoms. The standard InChI is InChI=1S/C9H6BrF3O3/c1-16-8(15)4-2-5(9(11,12)13)7(14)6(10)3-4/h2-3,14H,1H3. The molecule has 0 heterocycles. The highest BCUT2D eigenvalue weighted by Gasteiger charge is 2.35. The quantitative estimate of drug-likeness (QED) is 0.811. The summed E-state index contributed by atoms with van der Waals surface area (Å²) in [4.78, 5) is 11.1. The van der Waals surface area contributed by atoms with E-state index in [1.54, 1.807) is 0 Å². The van der Waals surface area contributed by atoms with Crippen LogP contribution in [0.3, 0.4) is 0 Å². The zero-order valence-electron chi connectivity index (χ0n) is 7.93. The van der Waals surface area contributed by atoms with Crippen LogP contribution in [0.1, 0.15) is 15.9 Å². The van der Waals surface area contributed by atoms with E-state index in [0.29, 0.717) is 6.07 Å². The van der Waals surface area contributed by atoms with Crippen molar-refractivity contribution in [2.75, 3.05) is 7.11 Å². The van der Waals surface area contributed by atoms with Crippen LogP contribution in [0.25, 0.3) is 0 Å². The first-order valence-electron chi connectivity index (χ1n) is 3.95. The van der Waals surface area contributed by atoms with Crippen LogP contribution in [0.5, 0.6) is 5.75 Å². The number of carbonyl (C=O) groups excluding carboxylic acids is 1. The minimum atomic E-state index is -4.74. The van der Waals surface area contributed by atoms with E-state index >= 15 is 0 Å². The van der Waals surface area contributed by atoms with Crippen molar-refractivity contribution in [3.05, 3.63) is 27.7 Å². The Labute approximate surface area is 97.0 Å². The number of alkyl halides is 3. The van der Waals surface area contributed by atoms with Crippen LogP contribution in [0, 0.1) is 0 Å². The molecule has 1 N–H and O–H groups in total. The number of ether oxygens (including phenoxy) is 1. The van der Waals surface area contributed by atoms with Crippen LogP contribution in [0.15, 0.2) is 16.6 Å². The van der Waals surface area contributed by atoms with Crippen LogP contribution in [0.2, 0.25) is 0 Å². The molecular weight excluding hydrogens is 293 g/mol. The minimum absolute atomic E-state index is 0.220. The summed E-state index contributed by atoms with van der Waals surface area (Å²) in [7, 11) is 1.05. The topological polar surface area (TPSA) is 46.5 Å². The first kappa shape index (κ1) is 12.8. The molecule has 16 heavy (non-hydrogen) atoms. The Hall–Kier alpha value is -1.24. The van der Waals surface area contributed by atoms with Gasteiger partial charge in [-0.15, -0.1) is 0 Å². The van der Waals surface area contributed by atoms with E-state index in [2.05, 4.69) is 20.7 Å². The van der Waals surface area contributed by atoms with Gasteiger partial charge in [-0.05, 0) is 28.1 Å². The van der Waals surface area contributed by atoms with Gasteiger partial charge >= 0.3 is 12.1 Å². The lowest BCUT2D eigenvalue weighted by atomic mass is 10.1. The maximum atomic E-state index is 12.4. The summed E-state index contributed by atoms with van der Waals surface area (Å²) in [5.74, 6) is -1.87. The van der Waals surface area contributed by atoms with Gasteiger partial charge in [0.05, 0.1) is 22.7 Å². The Morgan fingerprint density at radius 1 is 1.44 bits per heavy atom. The number of benzene rings is 1. The summed E-state index contributed by atoms with van der Waals surface area (Å²) >= 11 is 2.73. The normalized spacial score (nSPS) is 11.3. The molecule has 0 fully saturated rings. The monoisotopic (exact) mass is 298 g/mol. The predicted molar refractivity (Wildman–Crippen MR) is 52.1 cm³/mol. The Morgan fingerprint density at radius 3 is 2.44 bits per heavy atom. The van der Waals surface area contributed by atoms with Crippen molar-refractivity contribution in [3.63, 3.8) is 0 Å². The fourth-order valence-electron chi connectivity index (χ4n) is 1.05. The van der Waals surface area contributed by atoms with Gasteiger partial charge < -0.3 is 9.84 Å². The lowest BCUT2D eigenvalue weighted by molar-refractivity contribution is -0.138. The van der Waals surface area contributed by atoms with Crippen molar-refractivity contribution in [3.8, 4) is 5.75 Å². The molecule has 1 aromatic carbocycles. The third kappa shape index (κ3) is 2.46. The minimum Gasteiger partial charge on any atom is -0.506 e. The molecule has 0 aliphatic rings. The molecule has 0 saturated carbocycles. The zero-order chi connectivity index (χ0) is 12.5. The van der Waals surface area contributed by atoms with E-state index in [0.717, 1.165) is 13.2 Å². The van der Waals surface area contributed by atoms with E-state index < -0.39 is 23.5 Å². The molecular formula is C9H6BrF3O3. The molecule has 0 aromatic heterocycles. The number of carbonyl (C=O) groups is 1. The van der Waals surface area contributed by atoms with Gasteiger partial charge in [-0.2, -0.15) is 13.2 Å². The van der Waals surface area contributed by atoms with Gasteiger partial charge in [-0.1, -0.05) is 0 Å². The molecule has 1 aromatic rings. The van der Waals surface area contributed by atoms with Gasteiger partial charge in [0, 0.05) is 0 Å². The van der Waals surface area contributed by atoms with Crippen molar-refractivity contribution in [1.29, 1.82) is 0 Å². The summed E-state index contributed by atoms with van der Waals surface area (Å²) in [6.07, 6.45) is -4.74. The van der Waals surface area contributed by atoms with E-state index in [1.165, 1.54) is 0 Å². The number of hydrogen-bond acceptors (Lipinski definition) is 3. The van der Waals surface area contributed by atoms with E-state index in [9.17, 15) is 23.1 Å². The molecule has 0 radical (unpaired) electrons. The van der Waals surface area contributed by atoms with Crippen LogP contribution >= 0.6 is 15.9 Å². The summed E-state index contributed by atoms with van der Waals surface area (Å²) in [5, 5.41) is 9.19. The van der Waals surface area contributed by atoms with Crippen molar-refractivity contribution < 1.29 is 27.8 Å². The molecule has 0 saturated heterocycles. The number of esters is 1. The van der Waals surface area contributed by atoms with Gasteiger partial charge in [0.2, 0.25) is 0 Å². The number of hydrogen-bond donors (Lipinski definition) is 1. The lowest BCUT2D eigenvalue weighted by Crippen LogP contribution is -2.09. The SMILES string of the molecule is COC(=O)c1cc(Br)c(O)c(C(F)(F)F)c1. The number of rotatable bonds is 1. The van der Waals surface area contributed by atoms with E-state index in [4.69, 9.17) is 0 Å². The van der Waals surface area contributed by atoms with E-state index in [-0.39, 0.29) is 10.0 Å². The second kappa shape index (κ2) is 4.32. The smallest absolute Gasteiger partial charge is 0.420 e. The number of phenolic OH excluding ortho intramolecular Hbond substituents is 1. The molecule has 0 spiro atoms. The van der Waals surface area contributed by atoms with Gasteiger partial charge in [0.15, 0.2) is 0 Å². The van der Waals surface area contributed by atoms with Gasteiger partial charge in [-0.25, -0.2) is 4.79 Å². The van der Waals surface area contributed by atoms with Gasteiger partial charge in [0.25, 0.3) is 0 Å². The summed E-state index contributed by atoms with van der Waals surface area (Å²) in [6.45, 7) is 0. The van der Waals surface area contributed by atoms with Crippen molar-refractivity contribution in [2.24, 2.45) is 0 Å². The molecule has 0 aliphatic carbocycles. The van der Waals surface area contributed by atoms with Crippen LogP contribution in [-0.4, -0.2) is 18.2 Å². The molecule has 0 aliphatic heterocycles. The fraction of sp³-hybridized carbons (Fsp3) is 0.222. The third-order valence-corrected chi connectivity index (χ3v) is 2.39. The van der Waals surface area contributed by atoms with Crippen molar-refractivity contribution in [1.82, 2.24) is 0 Å². The largest absolute Gasteiger partial charge is 0.506 e. The summed E-state index contributed by atoms with van der Waals surface area (Å²) in [5.41, 5.74) is -1.58. The molecule has 88 valence electrons. The number of methoxy groups -OCH3 is 1. The van der Waals surface area contributed by atoms with Crippen LogP contribution < -0.4 is 0 Å². The Morgan fingerprint density at radius 2 is 2.00 bits per heavy atom. The number of halogens is 4. The molecule has 1 rings (SSSR count). The number of phenols is 1. The molecule has 3 nitrogen and oxygen atoms in total. The summed E-state index contributed by atoms with van der Waals surface area (Å²) < 4.78 is 41.4. The summed E-state index contributed by atoms with van der Waals surface area (Å²) in [6, 6.07) is 1.59. The third-order valence-electron chi connectivity index (χ3n) is 1.79. The fourth-order valence-corrected chi connectivity index (χ4v) is 1.51. The van der Waals surface area contributed by atoms with Gasteiger partial charge in [-0.3, -0.25) is 0 Å². The predicted octanol–water partition coefficient (Wildman–Crippen LogP) is 2.96. The zero-order valence-corrected chi connectivity index (χ0v) is 9.52. The van der Waals surface area contributed by atoms with Crippen molar-refractivity contribution >= 4 is 21.9 Å². The maximum Gasteiger partial charge on any atom is 0.420 e. The lowest BCUT2D eigenvalue weighted by Gasteiger charge is -2.11. The van der Waals surface area contributed by atoms with Crippen LogP contribution in [-0.2, 0) is 10.9 Å². The second-order valence-corrected chi connectivity index (χ2v) is 3.70. The Balaban J connectivity index is 3.39. The second-order valence-electron chi connectivity index (χ2n) is 2.84. The Bertz CT molecular complexity index is 429. The molecule has 0 unspecified atom stereocenters. The highest BCUT2D eigenvalue weighted by molar-refractivity contribution is 9.10. The van der Waals surface area contributed by atoms with Gasteiger partial charge in [0.1, 0.15) is 5.75 Å². The average molecular weight is 299 g/mol. The molecule has 0 amide bonds. The van der Waals surface area contributed by atoms with Crippen molar-refractivity contribution in [2.45, 2.75) is 6.18 Å². The van der Waals surface area contributed by atoms with E-state index in [1.807, 2.05) is 0 Å². The first-order valence-corrected chi connectivity index (χ1v) is 4.74. The molecule has 0 atom stereocenters. The highest BCUT2D eigenvalue weighted by atomic mass is 79.9. The molecule has 7 heteroatoms. The number of aromatic hydroxyl groups is 1. The van der Waals surface area contributed by atoms with Crippen LogP contribution in [0.4, 0.5) is 13.2 Å². The first-order chi connectivity index (χ1) is 7.27. The Kier molecular flexibility index (Phi) is 3.47.